The minimum atomic E-state index is -0.476. The maximum atomic E-state index is 11.0. The summed E-state index contributed by atoms with van der Waals surface area (Å²) in [4.78, 5) is 0. The van der Waals surface area contributed by atoms with Gasteiger partial charge in [0.15, 0.2) is 0 Å². The van der Waals surface area contributed by atoms with E-state index in [0.717, 1.165) is 38.0 Å². The second-order valence-corrected chi connectivity index (χ2v) is 7.48. The van der Waals surface area contributed by atoms with Crippen LogP contribution in [0.3, 0.4) is 0 Å². The first-order chi connectivity index (χ1) is 12.2. The van der Waals surface area contributed by atoms with Crippen LogP contribution in [-0.2, 0) is 6.61 Å². The number of aliphatic hydroxyl groups is 1. The van der Waals surface area contributed by atoms with Crippen molar-refractivity contribution in [2.24, 2.45) is 5.92 Å². The summed E-state index contributed by atoms with van der Waals surface area (Å²) in [5.74, 6) is 1.22. The topological polar surface area (TPSA) is 41.5 Å². The van der Waals surface area contributed by atoms with Crippen LogP contribution in [0.25, 0.3) is 0 Å². The van der Waals surface area contributed by atoms with E-state index in [-0.39, 0.29) is 6.04 Å². The molecule has 2 aliphatic rings. The standard InChI is InChI=1S/C22H27NO2/c24-22-13-5-4-8-20(22)21(23-15-14-22)18-9-11-19(12-10-18)25-16-17-6-2-1-3-7-17/h1-3,6-7,9-12,20-21,23-24H,4-5,8,13-16H2. The predicted molar refractivity (Wildman–Crippen MR) is 99.5 cm³/mol. The van der Waals surface area contributed by atoms with Crippen LogP contribution in [0, 0.1) is 5.92 Å². The molecule has 1 saturated carbocycles. The van der Waals surface area contributed by atoms with Crippen molar-refractivity contribution in [1.82, 2.24) is 5.32 Å². The fraction of sp³-hybridized carbons (Fsp3) is 0.455. The lowest BCUT2D eigenvalue weighted by Crippen LogP contribution is -2.53. The van der Waals surface area contributed by atoms with Crippen LogP contribution in [0.5, 0.6) is 5.75 Å². The van der Waals surface area contributed by atoms with Crippen molar-refractivity contribution in [3.63, 3.8) is 0 Å². The molecule has 2 aromatic carbocycles. The molecule has 0 bridgehead atoms. The first-order valence-corrected chi connectivity index (χ1v) is 9.47. The van der Waals surface area contributed by atoms with Gasteiger partial charge in [-0.1, -0.05) is 55.3 Å². The van der Waals surface area contributed by atoms with E-state index in [1.807, 2.05) is 18.2 Å². The van der Waals surface area contributed by atoms with Crippen LogP contribution in [0.1, 0.15) is 49.3 Å². The van der Waals surface area contributed by atoms with Gasteiger partial charge in [-0.25, -0.2) is 0 Å². The van der Waals surface area contributed by atoms with E-state index in [2.05, 4.69) is 41.7 Å². The first kappa shape index (κ1) is 16.6. The van der Waals surface area contributed by atoms with Crippen molar-refractivity contribution in [2.75, 3.05) is 6.54 Å². The fourth-order valence-corrected chi connectivity index (χ4v) is 4.49. The summed E-state index contributed by atoms with van der Waals surface area (Å²) in [5, 5.41) is 14.7. The summed E-state index contributed by atoms with van der Waals surface area (Å²) in [6.07, 6.45) is 5.33. The van der Waals surface area contributed by atoms with E-state index in [9.17, 15) is 5.11 Å². The Morgan fingerprint density at radius 1 is 1.00 bits per heavy atom. The molecule has 2 fully saturated rings. The third kappa shape index (κ3) is 3.58. The maximum absolute atomic E-state index is 11.0. The highest BCUT2D eigenvalue weighted by molar-refractivity contribution is 5.31. The smallest absolute Gasteiger partial charge is 0.119 e. The summed E-state index contributed by atoms with van der Waals surface area (Å²) in [5.41, 5.74) is 1.96. The minimum absolute atomic E-state index is 0.252. The van der Waals surface area contributed by atoms with Crippen LogP contribution < -0.4 is 10.1 Å². The van der Waals surface area contributed by atoms with Crippen molar-refractivity contribution >= 4 is 0 Å². The highest BCUT2D eigenvalue weighted by Crippen LogP contribution is 2.45. The van der Waals surface area contributed by atoms with Gasteiger partial charge in [-0.2, -0.15) is 0 Å². The Morgan fingerprint density at radius 3 is 2.60 bits per heavy atom. The average Bonchev–Trinajstić information content (AvgIpc) is 2.66. The molecular weight excluding hydrogens is 310 g/mol. The Kier molecular flexibility index (Phi) is 4.78. The van der Waals surface area contributed by atoms with E-state index >= 15 is 0 Å². The number of nitrogens with one attached hydrogen (secondary N) is 1. The number of fused-ring (bicyclic) bond motifs is 1. The molecule has 3 unspecified atom stereocenters. The van der Waals surface area contributed by atoms with Crippen LogP contribution in [0.15, 0.2) is 54.6 Å². The van der Waals surface area contributed by atoms with Gasteiger partial charge in [-0.15, -0.1) is 0 Å². The Hall–Kier alpha value is -1.84. The molecule has 2 aromatic rings. The van der Waals surface area contributed by atoms with E-state index in [1.165, 1.54) is 17.5 Å². The van der Waals surface area contributed by atoms with Gasteiger partial charge in [-0.05, 0) is 49.1 Å². The lowest BCUT2D eigenvalue weighted by molar-refractivity contribution is -0.0861. The van der Waals surface area contributed by atoms with Crippen molar-refractivity contribution < 1.29 is 9.84 Å². The summed E-state index contributed by atoms with van der Waals surface area (Å²) in [7, 11) is 0. The molecular formula is C22H27NO2. The molecule has 25 heavy (non-hydrogen) atoms. The van der Waals surface area contributed by atoms with Gasteiger partial charge in [0.1, 0.15) is 12.4 Å². The summed E-state index contributed by atoms with van der Waals surface area (Å²) in [6, 6.07) is 18.9. The van der Waals surface area contributed by atoms with E-state index < -0.39 is 5.60 Å². The maximum Gasteiger partial charge on any atom is 0.119 e. The van der Waals surface area contributed by atoms with Gasteiger partial charge in [0, 0.05) is 12.0 Å². The second kappa shape index (κ2) is 7.19. The molecule has 3 atom stereocenters. The number of piperidine rings is 1. The molecule has 3 nitrogen and oxygen atoms in total. The molecule has 3 heteroatoms. The Bertz CT molecular complexity index is 681. The quantitative estimate of drug-likeness (QED) is 0.877. The molecule has 0 amide bonds. The number of rotatable bonds is 4. The van der Waals surface area contributed by atoms with Crippen LogP contribution in [0.4, 0.5) is 0 Å². The average molecular weight is 337 g/mol. The van der Waals surface area contributed by atoms with Gasteiger partial charge >= 0.3 is 0 Å². The third-order valence-corrected chi connectivity index (χ3v) is 5.88. The minimum Gasteiger partial charge on any atom is -0.489 e. The highest BCUT2D eigenvalue weighted by atomic mass is 16.5. The molecule has 1 saturated heterocycles. The number of hydrogen-bond acceptors (Lipinski definition) is 3. The second-order valence-electron chi connectivity index (χ2n) is 7.48. The van der Waals surface area contributed by atoms with Crippen molar-refractivity contribution in [3.05, 3.63) is 65.7 Å². The number of benzene rings is 2. The monoisotopic (exact) mass is 337 g/mol. The van der Waals surface area contributed by atoms with E-state index in [0.29, 0.717) is 12.5 Å². The number of ether oxygens (including phenoxy) is 1. The van der Waals surface area contributed by atoms with E-state index in [1.54, 1.807) is 0 Å². The normalized spacial score (nSPS) is 29.0. The van der Waals surface area contributed by atoms with Crippen molar-refractivity contribution in [1.29, 1.82) is 0 Å². The Morgan fingerprint density at radius 2 is 1.80 bits per heavy atom. The third-order valence-electron chi connectivity index (χ3n) is 5.88. The molecule has 1 aliphatic carbocycles. The zero-order valence-corrected chi connectivity index (χ0v) is 14.7. The van der Waals surface area contributed by atoms with Crippen LogP contribution >= 0.6 is 0 Å². The zero-order chi connectivity index (χ0) is 17.1. The van der Waals surface area contributed by atoms with Crippen molar-refractivity contribution in [2.45, 2.75) is 50.4 Å². The Balaban J connectivity index is 1.44. The molecule has 4 rings (SSSR count). The van der Waals surface area contributed by atoms with Gasteiger partial charge < -0.3 is 15.2 Å². The molecule has 2 N–H and O–H groups in total. The molecule has 1 aliphatic heterocycles. The van der Waals surface area contributed by atoms with Gasteiger partial charge in [0.05, 0.1) is 5.60 Å². The Labute approximate surface area is 150 Å². The lowest BCUT2D eigenvalue weighted by Gasteiger charge is -2.48. The molecule has 0 aromatic heterocycles. The highest BCUT2D eigenvalue weighted by Gasteiger charge is 2.45. The first-order valence-electron chi connectivity index (χ1n) is 9.47. The molecule has 132 valence electrons. The van der Waals surface area contributed by atoms with Crippen LogP contribution in [-0.4, -0.2) is 17.3 Å². The fourth-order valence-electron chi connectivity index (χ4n) is 4.49. The summed E-state index contributed by atoms with van der Waals surface area (Å²) >= 11 is 0. The van der Waals surface area contributed by atoms with E-state index in [4.69, 9.17) is 4.74 Å². The largest absolute Gasteiger partial charge is 0.489 e. The number of hydrogen-bond donors (Lipinski definition) is 2. The van der Waals surface area contributed by atoms with Gasteiger partial charge in [0.2, 0.25) is 0 Å². The molecule has 1 heterocycles. The zero-order valence-electron chi connectivity index (χ0n) is 14.7. The van der Waals surface area contributed by atoms with Gasteiger partial charge in [0.25, 0.3) is 0 Å². The predicted octanol–water partition coefficient (Wildman–Crippen LogP) is 4.22. The van der Waals surface area contributed by atoms with Crippen molar-refractivity contribution in [3.8, 4) is 5.75 Å². The lowest BCUT2D eigenvalue weighted by atomic mass is 9.67. The molecule has 0 radical (unpaired) electrons. The van der Waals surface area contributed by atoms with Crippen LogP contribution in [0.2, 0.25) is 0 Å². The summed E-state index contributed by atoms with van der Waals surface area (Å²) in [6.45, 7) is 1.48. The van der Waals surface area contributed by atoms with Gasteiger partial charge in [-0.3, -0.25) is 0 Å². The molecule has 0 spiro atoms. The summed E-state index contributed by atoms with van der Waals surface area (Å²) < 4.78 is 5.89. The SMILES string of the molecule is OC12CCCCC1C(c1ccc(OCc3ccccc3)cc1)NCC2.